The molecule has 0 radical (unpaired) electrons. The predicted molar refractivity (Wildman–Crippen MR) is 130 cm³/mol. The fraction of sp³-hybridized carbons (Fsp3) is 0.0417. The van der Waals surface area contributed by atoms with Crippen molar-refractivity contribution >= 4 is 61.4 Å². The number of hydrogen-bond acceptors (Lipinski definition) is 5. The Bertz CT molecular complexity index is 1420. The summed E-state index contributed by atoms with van der Waals surface area (Å²) in [5.74, 6) is -0.123. The summed E-state index contributed by atoms with van der Waals surface area (Å²) in [6.45, 7) is 1.86. The molecule has 7 heteroatoms. The van der Waals surface area contributed by atoms with Gasteiger partial charge in [0.05, 0.1) is 10.2 Å². The van der Waals surface area contributed by atoms with Crippen LogP contribution in [0.1, 0.15) is 16.1 Å². The van der Waals surface area contributed by atoms with Gasteiger partial charge in [-0.2, -0.15) is 0 Å². The van der Waals surface area contributed by atoms with E-state index in [-0.39, 0.29) is 16.8 Å². The highest BCUT2D eigenvalue weighted by Crippen LogP contribution is 2.31. The molecule has 0 spiro atoms. The van der Waals surface area contributed by atoms with Crippen molar-refractivity contribution in [1.29, 1.82) is 0 Å². The Morgan fingerprint density at radius 1 is 1.03 bits per heavy atom. The molecule has 0 atom stereocenters. The maximum atomic E-state index is 12.7. The fourth-order valence-corrected chi connectivity index (χ4v) is 4.61. The number of thiocarbonyl (C=S) groups is 1. The van der Waals surface area contributed by atoms with Crippen LogP contribution in [0.3, 0.4) is 0 Å². The van der Waals surface area contributed by atoms with Gasteiger partial charge in [0.1, 0.15) is 10.6 Å². The van der Waals surface area contributed by atoms with Crippen LogP contribution in [0.5, 0.6) is 0 Å². The number of thiazole rings is 1. The summed E-state index contributed by atoms with van der Waals surface area (Å²) < 4.78 is 6.85. The molecule has 2 heterocycles. The maximum Gasteiger partial charge on any atom is 0.293 e. The largest absolute Gasteiger partial charge is 0.451 e. The molecule has 2 aromatic heterocycles. The number of hydrogen-bond donors (Lipinski definition) is 2. The van der Waals surface area contributed by atoms with Gasteiger partial charge in [-0.25, -0.2) is 4.98 Å². The summed E-state index contributed by atoms with van der Waals surface area (Å²) in [6, 6.07) is 23.4. The van der Waals surface area contributed by atoms with Crippen molar-refractivity contribution in [3.8, 4) is 10.6 Å². The van der Waals surface area contributed by atoms with E-state index >= 15 is 0 Å². The van der Waals surface area contributed by atoms with Crippen molar-refractivity contribution in [1.82, 2.24) is 10.3 Å². The van der Waals surface area contributed by atoms with Gasteiger partial charge in [0, 0.05) is 22.2 Å². The molecule has 0 saturated carbocycles. The number of carbonyl (C=O) groups is 1. The molecule has 152 valence electrons. The Morgan fingerprint density at radius 3 is 2.68 bits per heavy atom. The second-order valence-electron chi connectivity index (χ2n) is 7.03. The molecule has 5 rings (SSSR count). The number of fused-ring (bicyclic) bond motifs is 2. The molecule has 1 amide bonds. The molecule has 0 aliphatic carbocycles. The molecule has 0 aliphatic heterocycles. The van der Waals surface area contributed by atoms with Crippen molar-refractivity contribution in [3.63, 3.8) is 0 Å². The topological polar surface area (TPSA) is 67.2 Å². The van der Waals surface area contributed by atoms with E-state index in [0.717, 1.165) is 37.4 Å². The highest BCUT2D eigenvalue weighted by Gasteiger charge is 2.18. The van der Waals surface area contributed by atoms with Crippen LogP contribution in [0, 0.1) is 6.92 Å². The molecule has 31 heavy (non-hydrogen) atoms. The van der Waals surface area contributed by atoms with E-state index < -0.39 is 0 Å². The predicted octanol–water partition coefficient (Wildman–Crippen LogP) is 6.14. The minimum Gasteiger partial charge on any atom is -0.451 e. The lowest BCUT2D eigenvalue weighted by Crippen LogP contribution is -2.34. The molecule has 5 nitrogen and oxygen atoms in total. The van der Waals surface area contributed by atoms with Gasteiger partial charge in [0.2, 0.25) is 0 Å². The van der Waals surface area contributed by atoms with Crippen molar-refractivity contribution in [3.05, 3.63) is 84.1 Å². The number of nitrogens with one attached hydrogen (secondary N) is 2. The van der Waals surface area contributed by atoms with Gasteiger partial charge in [-0.3, -0.25) is 10.1 Å². The number of rotatable bonds is 3. The van der Waals surface area contributed by atoms with Crippen molar-refractivity contribution in [2.24, 2.45) is 0 Å². The van der Waals surface area contributed by atoms with Crippen LogP contribution in [0.2, 0.25) is 0 Å². The van der Waals surface area contributed by atoms with Crippen LogP contribution in [-0.2, 0) is 0 Å². The number of nitrogens with zero attached hydrogens (tertiary/aromatic N) is 1. The number of amides is 1. The van der Waals surface area contributed by atoms with Crippen LogP contribution in [0.4, 0.5) is 5.69 Å². The summed E-state index contributed by atoms with van der Waals surface area (Å²) in [5, 5.41) is 7.82. The lowest BCUT2D eigenvalue weighted by atomic mass is 10.1. The average molecular weight is 444 g/mol. The normalized spacial score (nSPS) is 11.0. The van der Waals surface area contributed by atoms with E-state index in [4.69, 9.17) is 21.6 Å². The highest BCUT2D eigenvalue weighted by molar-refractivity contribution is 7.80. The van der Waals surface area contributed by atoms with Crippen LogP contribution in [0.25, 0.3) is 31.8 Å². The number of anilines is 1. The molecular formula is C24H17N3O2S2. The number of para-hydroxylation sites is 2. The summed E-state index contributed by atoms with van der Waals surface area (Å²) >= 11 is 6.99. The van der Waals surface area contributed by atoms with Gasteiger partial charge >= 0.3 is 0 Å². The zero-order valence-electron chi connectivity index (χ0n) is 16.5. The van der Waals surface area contributed by atoms with Crippen molar-refractivity contribution in [2.75, 3.05) is 5.32 Å². The summed E-state index contributed by atoms with van der Waals surface area (Å²) in [7, 11) is 0. The van der Waals surface area contributed by atoms with E-state index in [1.807, 2.05) is 73.7 Å². The van der Waals surface area contributed by atoms with Crippen LogP contribution in [0.15, 0.2) is 77.2 Å². The summed E-state index contributed by atoms with van der Waals surface area (Å²) in [4.78, 5) is 17.4. The van der Waals surface area contributed by atoms with Gasteiger partial charge in [-0.1, -0.05) is 42.5 Å². The van der Waals surface area contributed by atoms with Crippen LogP contribution in [-0.4, -0.2) is 16.0 Å². The third-order valence-electron chi connectivity index (χ3n) is 4.94. The third kappa shape index (κ3) is 3.81. The zero-order chi connectivity index (χ0) is 21.4. The Morgan fingerprint density at radius 2 is 1.84 bits per heavy atom. The molecule has 3 aromatic carbocycles. The fourth-order valence-electron chi connectivity index (χ4n) is 3.44. The van der Waals surface area contributed by atoms with Crippen LogP contribution >= 0.6 is 23.6 Å². The van der Waals surface area contributed by atoms with Gasteiger partial charge < -0.3 is 9.73 Å². The molecule has 0 unspecified atom stereocenters. The SMILES string of the molecule is Cc1c(C(=O)NC(=S)Nc2cccc(-c3nc4ccccc4s3)c2)oc2ccccc12. The minimum absolute atomic E-state index is 0.200. The smallest absolute Gasteiger partial charge is 0.293 e. The summed E-state index contributed by atoms with van der Waals surface area (Å²) in [6.07, 6.45) is 0. The van der Waals surface area contributed by atoms with Gasteiger partial charge in [-0.05, 0) is 49.5 Å². The first-order valence-corrected chi connectivity index (χ1v) is 10.9. The Hall–Kier alpha value is -3.55. The molecule has 0 saturated heterocycles. The Labute approximate surface area is 187 Å². The lowest BCUT2D eigenvalue weighted by molar-refractivity contribution is 0.0952. The average Bonchev–Trinajstić information content (AvgIpc) is 3.35. The maximum absolute atomic E-state index is 12.7. The highest BCUT2D eigenvalue weighted by atomic mass is 32.1. The molecule has 0 bridgehead atoms. The number of carbonyl (C=O) groups excluding carboxylic acids is 1. The van der Waals surface area contributed by atoms with Gasteiger partial charge in [0.15, 0.2) is 10.9 Å². The first-order valence-electron chi connectivity index (χ1n) is 9.65. The molecule has 0 fully saturated rings. The quantitative estimate of drug-likeness (QED) is 0.328. The Balaban J connectivity index is 1.32. The van der Waals surface area contributed by atoms with Crippen molar-refractivity contribution in [2.45, 2.75) is 6.92 Å². The molecule has 0 aliphatic rings. The zero-order valence-corrected chi connectivity index (χ0v) is 18.1. The second-order valence-corrected chi connectivity index (χ2v) is 8.47. The van der Waals surface area contributed by atoms with Crippen molar-refractivity contribution < 1.29 is 9.21 Å². The van der Waals surface area contributed by atoms with Gasteiger partial charge in [-0.15, -0.1) is 11.3 Å². The minimum atomic E-state index is -0.381. The monoisotopic (exact) mass is 443 g/mol. The first kappa shape index (κ1) is 19.4. The summed E-state index contributed by atoms with van der Waals surface area (Å²) in [5.41, 5.74) is 4.18. The second kappa shape index (κ2) is 7.94. The number of benzene rings is 3. The standard InChI is InChI=1S/C24H17N3O2S2/c1-14-17-9-2-4-11-19(17)29-21(14)22(28)27-24(30)25-16-8-6-7-15(13-16)23-26-18-10-3-5-12-20(18)31-23/h2-13H,1H3,(H2,25,27,28,30). The van der Waals surface area contributed by atoms with E-state index in [1.165, 1.54) is 0 Å². The van der Waals surface area contributed by atoms with Gasteiger partial charge in [0.25, 0.3) is 5.91 Å². The molecule has 5 aromatic rings. The third-order valence-corrected chi connectivity index (χ3v) is 6.23. The molecule has 2 N–H and O–H groups in total. The molecular weight excluding hydrogens is 426 g/mol. The van der Waals surface area contributed by atoms with E-state index in [9.17, 15) is 4.79 Å². The number of furan rings is 1. The van der Waals surface area contributed by atoms with E-state index in [0.29, 0.717) is 5.58 Å². The van der Waals surface area contributed by atoms with E-state index in [1.54, 1.807) is 11.3 Å². The lowest BCUT2D eigenvalue weighted by Gasteiger charge is -2.09. The number of aryl methyl sites for hydroxylation is 1. The first-order chi connectivity index (χ1) is 15.1. The number of aromatic nitrogens is 1. The Kier molecular flexibility index (Phi) is 4.97. The van der Waals surface area contributed by atoms with E-state index in [2.05, 4.69) is 16.7 Å². The van der Waals surface area contributed by atoms with Crippen LogP contribution < -0.4 is 10.6 Å².